The maximum atomic E-state index is 12.4. The lowest BCUT2D eigenvalue weighted by atomic mass is 10.2. The van der Waals surface area contributed by atoms with Crippen molar-refractivity contribution in [2.45, 2.75) is 31.9 Å². The van der Waals surface area contributed by atoms with Crippen molar-refractivity contribution in [3.05, 3.63) is 30.3 Å². The molecule has 2 heterocycles. The Morgan fingerprint density at radius 1 is 1.26 bits per heavy atom. The molecule has 0 radical (unpaired) electrons. The summed E-state index contributed by atoms with van der Waals surface area (Å²) in [5.41, 5.74) is 0.881. The second kappa shape index (κ2) is 7.00. The summed E-state index contributed by atoms with van der Waals surface area (Å²) in [4.78, 5) is 28.1. The number of ether oxygens (including phenoxy) is 1. The van der Waals surface area contributed by atoms with E-state index in [1.807, 2.05) is 37.3 Å². The number of rotatable bonds is 2. The molecule has 23 heavy (non-hydrogen) atoms. The Bertz CT molecular complexity index is 563. The lowest BCUT2D eigenvalue weighted by Gasteiger charge is -2.24. The number of para-hydroxylation sites is 1. The first-order valence-corrected chi connectivity index (χ1v) is 8.16. The van der Waals surface area contributed by atoms with Gasteiger partial charge in [0.2, 0.25) is 5.91 Å². The van der Waals surface area contributed by atoms with Gasteiger partial charge in [-0.3, -0.25) is 4.79 Å². The molecular formula is C17H23N3O3. The standard InChI is InChI=1S/C17H23N3O3/c1-13-11-19(8-5-9-23-13)17(22)18-14-10-16(21)20(12-14)15-6-3-2-4-7-15/h2-4,6-7,13-14H,5,8-12H2,1H3,(H,18,22). The van der Waals surface area contributed by atoms with Crippen molar-refractivity contribution in [3.63, 3.8) is 0 Å². The van der Waals surface area contributed by atoms with Gasteiger partial charge in [0.15, 0.2) is 0 Å². The average molecular weight is 317 g/mol. The Morgan fingerprint density at radius 2 is 2.04 bits per heavy atom. The van der Waals surface area contributed by atoms with Crippen molar-refractivity contribution >= 4 is 17.6 Å². The van der Waals surface area contributed by atoms with Gasteiger partial charge >= 0.3 is 6.03 Å². The highest BCUT2D eigenvalue weighted by atomic mass is 16.5. The van der Waals surface area contributed by atoms with E-state index in [9.17, 15) is 9.59 Å². The number of hydrogen-bond acceptors (Lipinski definition) is 3. The summed E-state index contributed by atoms with van der Waals surface area (Å²) in [5, 5.41) is 3.00. The molecule has 0 bridgehead atoms. The lowest BCUT2D eigenvalue weighted by Crippen LogP contribution is -2.47. The molecule has 2 atom stereocenters. The maximum absolute atomic E-state index is 12.4. The molecular weight excluding hydrogens is 294 g/mol. The van der Waals surface area contributed by atoms with Gasteiger partial charge in [-0.15, -0.1) is 0 Å². The number of hydrogen-bond donors (Lipinski definition) is 1. The number of carbonyl (C=O) groups excluding carboxylic acids is 2. The van der Waals surface area contributed by atoms with Crippen molar-refractivity contribution in [3.8, 4) is 0 Å². The Morgan fingerprint density at radius 3 is 2.83 bits per heavy atom. The van der Waals surface area contributed by atoms with E-state index in [0.717, 1.165) is 12.1 Å². The van der Waals surface area contributed by atoms with Gasteiger partial charge in [0, 0.05) is 38.3 Å². The highest BCUT2D eigenvalue weighted by molar-refractivity contribution is 5.96. The highest BCUT2D eigenvalue weighted by Gasteiger charge is 2.32. The van der Waals surface area contributed by atoms with E-state index < -0.39 is 0 Å². The molecule has 3 rings (SSSR count). The molecule has 2 unspecified atom stereocenters. The van der Waals surface area contributed by atoms with Crippen LogP contribution in [0.25, 0.3) is 0 Å². The molecule has 0 spiro atoms. The van der Waals surface area contributed by atoms with Gasteiger partial charge in [0.05, 0.1) is 12.1 Å². The van der Waals surface area contributed by atoms with Crippen LogP contribution in [0, 0.1) is 0 Å². The van der Waals surface area contributed by atoms with E-state index >= 15 is 0 Å². The third-order valence-electron chi connectivity index (χ3n) is 4.26. The number of urea groups is 1. The third-order valence-corrected chi connectivity index (χ3v) is 4.26. The van der Waals surface area contributed by atoms with Crippen molar-refractivity contribution in [2.75, 3.05) is 31.1 Å². The van der Waals surface area contributed by atoms with Crippen LogP contribution in [0.5, 0.6) is 0 Å². The normalized spacial score (nSPS) is 25.3. The largest absolute Gasteiger partial charge is 0.377 e. The minimum Gasteiger partial charge on any atom is -0.377 e. The van der Waals surface area contributed by atoms with Gasteiger partial charge in [-0.25, -0.2) is 4.79 Å². The van der Waals surface area contributed by atoms with Crippen LogP contribution >= 0.6 is 0 Å². The molecule has 1 N–H and O–H groups in total. The molecule has 6 heteroatoms. The van der Waals surface area contributed by atoms with Crippen LogP contribution in [0.2, 0.25) is 0 Å². The summed E-state index contributed by atoms with van der Waals surface area (Å²) in [6, 6.07) is 9.32. The zero-order valence-corrected chi connectivity index (χ0v) is 13.4. The molecule has 124 valence electrons. The number of carbonyl (C=O) groups is 2. The monoisotopic (exact) mass is 317 g/mol. The first kappa shape index (κ1) is 15.8. The van der Waals surface area contributed by atoms with Gasteiger partial charge in [-0.1, -0.05) is 18.2 Å². The third kappa shape index (κ3) is 3.82. The number of nitrogens with zero attached hydrogens (tertiary/aromatic N) is 2. The van der Waals surface area contributed by atoms with Crippen LogP contribution in [0.3, 0.4) is 0 Å². The first-order valence-electron chi connectivity index (χ1n) is 8.16. The highest BCUT2D eigenvalue weighted by Crippen LogP contribution is 2.21. The number of amides is 3. The summed E-state index contributed by atoms with van der Waals surface area (Å²) in [5.74, 6) is 0.0501. The lowest BCUT2D eigenvalue weighted by molar-refractivity contribution is -0.117. The van der Waals surface area contributed by atoms with Crippen LogP contribution in [0.15, 0.2) is 30.3 Å². The predicted molar refractivity (Wildman–Crippen MR) is 87.3 cm³/mol. The molecule has 1 aromatic carbocycles. The van der Waals surface area contributed by atoms with E-state index in [4.69, 9.17) is 4.74 Å². The molecule has 2 aliphatic heterocycles. The van der Waals surface area contributed by atoms with Crippen LogP contribution in [0.4, 0.5) is 10.5 Å². The second-order valence-electron chi connectivity index (χ2n) is 6.17. The predicted octanol–water partition coefficient (Wildman–Crippen LogP) is 1.61. The molecule has 0 aromatic heterocycles. The fourth-order valence-corrected chi connectivity index (χ4v) is 3.11. The quantitative estimate of drug-likeness (QED) is 0.901. The SMILES string of the molecule is CC1CN(C(=O)NC2CC(=O)N(c3ccccc3)C2)CCCO1. The van der Waals surface area contributed by atoms with E-state index in [1.165, 1.54) is 0 Å². The van der Waals surface area contributed by atoms with Crippen LogP contribution in [-0.2, 0) is 9.53 Å². The van der Waals surface area contributed by atoms with Gasteiger partial charge in [0.25, 0.3) is 0 Å². The van der Waals surface area contributed by atoms with E-state index in [2.05, 4.69) is 5.32 Å². The molecule has 2 fully saturated rings. The van der Waals surface area contributed by atoms with Gasteiger partial charge in [0.1, 0.15) is 0 Å². The zero-order chi connectivity index (χ0) is 16.2. The van der Waals surface area contributed by atoms with E-state index in [1.54, 1.807) is 9.80 Å². The van der Waals surface area contributed by atoms with E-state index in [-0.39, 0.29) is 24.1 Å². The van der Waals surface area contributed by atoms with Crippen molar-refractivity contribution < 1.29 is 14.3 Å². The summed E-state index contributed by atoms with van der Waals surface area (Å²) in [7, 11) is 0. The summed E-state index contributed by atoms with van der Waals surface area (Å²) >= 11 is 0. The first-order chi connectivity index (χ1) is 11.1. The van der Waals surface area contributed by atoms with E-state index in [0.29, 0.717) is 32.7 Å². The van der Waals surface area contributed by atoms with Gasteiger partial charge < -0.3 is 19.9 Å². The van der Waals surface area contributed by atoms with Gasteiger partial charge in [-0.05, 0) is 25.5 Å². The molecule has 2 aliphatic rings. The van der Waals surface area contributed by atoms with Crippen LogP contribution in [0.1, 0.15) is 19.8 Å². The fourth-order valence-electron chi connectivity index (χ4n) is 3.11. The molecule has 6 nitrogen and oxygen atoms in total. The number of nitrogens with one attached hydrogen (secondary N) is 1. The Balaban J connectivity index is 1.58. The topological polar surface area (TPSA) is 61.9 Å². The van der Waals surface area contributed by atoms with Crippen LogP contribution < -0.4 is 10.2 Å². The second-order valence-corrected chi connectivity index (χ2v) is 6.17. The van der Waals surface area contributed by atoms with Gasteiger partial charge in [-0.2, -0.15) is 0 Å². The molecule has 1 aromatic rings. The zero-order valence-electron chi connectivity index (χ0n) is 13.4. The molecule has 0 aliphatic carbocycles. The fraction of sp³-hybridized carbons (Fsp3) is 0.529. The van der Waals surface area contributed by atoms with Crippen molar-refractivity contribution in [2.24, 2.45) is 0 Å². The molecule has 3 amide bonds. The number of benzene rings is 1. The Labute approximate surface area is 136 Å². The van der Waals surface area contributed by atoms with Crippen molar-refractivity contribution in [1.82, 2.24) is 10.2 Å². The Hall–Kier alpha value is -2.08. The van der Waals surface area contributed by atoms with Crippen LogP contribution in [-0.4, -0.2) is 55.2 Å². The van der Waals surface area contributed by atoms with Crippen molar-refractivity contribution in [1.29, 1.82) is 0 Å². The summed E-state index contributed by atoms with van der Waals surface area (Å²) < 4.78 is 5.56. The number of anilines is 1. The molecule has 0 saturated carbocycles. The Kier molecular flexibility index (Phi) is 4.81. The minimum absolute atomic E-state index is 0.0501. The molecule has 2 saturated heterocycles. The maximum Gasteiger partial charge on any atom is 0.317 e. The average Bonchev–Trinajstić information content (AvgIpc) is 2.77. The summed E-state index contributed by atoms with van der Waals surface area (Å²) in [6.07, 6.45) is 1.24. The minimum atomic E-state index is -0.144. The smallest absolute Gasteiger partial charge is 0.317 e. The summed E-state index contributed by atoms with van der Waals surface area (Å²) in [6.45, 7) is 4.47.